The van der Waals surface area contributed by atoms with E-state index in [0.29, 0.717) is 37.9 Å². The van der Waals surface area contributed by atoms with Gasteiger partial charge in [0.2, 0.25) is 0 Å². The van der Waals surface area contributed by atoms with Crippen LogP contribution in [0.4, 0.5) is 4.39 Å². The third-order valence-electron chi connectivity index (χ3n) is 6.21. The van der Waals surface area contributed by atoms with Crippen molar-refractivity contribution in [2.75, 3.05) is 26.2 Å². The molecule has 1 saturated heterocycles. The quantitative estimate of drug-likeness (QED) is 0.690. The third kappa shape index (κ3) is 5.12. The molecule has 2 amide bonds. The van der Waals surface area contributed by atoms with Crippen molar-refractivity contribution < 1.29 is 14.0 Å². The van der Waals surface area contributed by atoms with Gasteiger partial charge >= 0.3 is 0 Å². The van der Waals surface area contributed by atoms with Crippen molar-refractivity contribution in [3.8, 4) is 0 Å². The molecule has 7 nitrogen and oxygen atoms in total. The summed E-state index contributed by atoms with van der Waals surface area (Å²) in [6.45, 7) is 6.28. The second-order valence-electron chi connectivity index (χ2n) is 8.48. The number of amides is 2. The topological polar surface area (TPSA) is 70.5 Å². The average Bonchev–Trinajstić information content (AvgIpc) is 3.20. The van der Waals surface area contributed by atoms with Gasteiger partial charge in [-0.3, -0.25) is 14.3 Å². The average molecular weight is 428 g/mol. The van der Waals surface area contributed by atoms with Gasteiger partial charge in [-0.05, 0) is 50.4 Å². The number of nitrogens with zero attached hydrogens (tertiary/aromatic N) is 4. The van der Waals surface area contributed by atoms with Gasteiger partial charge in [-0.15, -0.1) is 0 Å². The Labute approximate surface area is 182 Å². The number of halogens is 1. The fraction of sp³-hybridized carbons (Fsp3) is 0.522. The highest BCUT2D eigenvalue weighted by Gasteiger charge is 2.28. The van der Waals surface area contributed by atoms with E-state index in [4.69, 9.17) is 0 Å². The Bertz CT molecular complexity index is 944. The normalized spacial score (nSPS) is 19.4. The van der Waals surface area contributed by atoms with Gasteiger partial charge in [-0.25, -0.2) is 4.39 Å². The molecule has 2 aromatic rings. The Morgan fingerprint density at radius 2 is 2.10 bits per heavy atom. The second kappa shape index (κ2) is 9.60. The van der Waals surface area contributed by atoms with Crippen molar-refractivity contribution >= 4 is 11.8 Å². The molecule has 4 rings (SSSR count). The lowest BCUT2D eigenvalue weighted by atomic mass is 10.0. The number of nitrogens with one attached hydrogen (secondary N) is 1. The second-order valence-corrected chi connectivity index (χ2v) is 8.48. The zero-order valence-electron chi connectivity index (χ0n) is 18.0. The number of carbonyl (C=O) groups is 2. The zero-order valence-corrected chi connectivity index (χ0v) is 18.0. The number of benzene rings is 1. The molecular weight excluding hydrogens is 397 g/mol. The minimum absolute atomic E-state index is 0.193. The SMILES string of the molecule is CC1CCCCN1CCCNC(=O)c1cc2n(n1)CCN(Cc1cccc(F)c1)C2=O. The Kier molecular flexibility index (Phi) is 6.65. The Morgan fingerprint density at radius 3 is 2.90 bits per heavy atom. The van der Waals surface area contributed by atoms with Crippen LogP contribution in [0.15, 0.2) is 30.3 Å². The highest BCUT2D eigenvalue weighted by molar-refractivity contribution is 5.98. The van der Waals surface area contributed by atoms with Gasteiger partial charge in [0.15, 0.2) is 5.69 Å². The lowest BCUT2D eigenvalue weighted by molar-refractivity contribution is 0.0682. The first-order valence-corrected chi connectivity index (χ1v) is 11.1. The van der Waals surface area contributed by atoms with Crippen molar-refractivity contribution in [2.24, 2.45) is 0 Å². The molecule has 0 spiro atoms. The van der Waals surface area contributed by atoms with Crippen LogP contribution in [0.2, 0.25) is 0 Å². The highest BCUT2D eigenvalue weighted by atomic mass is 19.1. The summed E-state index contributed by atoms with van der Waals surface area (Å²) in [6, 6.07) is 8.42. The monoisotopic (exact) mass is 427 g/mol. The summed E-state index contributed by atoms with van der Waals surface area (Å²) in [6.07, 6.45) is 4.69. The molecule has 1 N–H and O–H groups in total. The number of likely N-dealkylation sites (tertiary alicyclic amines) is 1. The van der Waals surface area contributed by atoms with Crippen LogP contribution in [-0.2, 0) is 13.1 Å². The van der Waals surface area contributed by atoms with Crippen molar-refractivity contribution in [1.82, 2.24) is 24.9 Å². The first-order chi connectivity index (χ1) is 15.0. The molecule has 0 aliphatic carbocycles. The van der Waals surface area contributed by atoms with Crippen molar-refractivity contribution in [3.05, 3.63) is 53.1 Å². The number of carbonyl (C=O) groups excluding carboxylic acids is 2. The molecule has 8 heteroatoms. The maximum atomic E-state index is 13.4. The molecule has 1 aromatic heterocycles. The molecule has 31 heavy (non-hydrogen) atoms. The Morgan fingerprint density at radius 1 is 1.23 bits per heavy atom. The summed E-state index contributed by atoms with van der Waals surface area (Å²) in [7, 11) is 0. The van der Waals surface area contributed by atoms with Gasteiger partial charge in [0, 0.05) is 38.3 Å². The van der Waals surface area contributed by atoms with Crippen LogP contribution in [0.1, 0.15) is 59.1 Å². The van der Waals surface area contributed by atoms with E-state index in [1.54, 1.807) is 27.8 Å². The van der Waals surface area contributed by atoms with E-state index in [1.807, 2.05) is 0 Å². The summed E-state index contributed by atoms with van der Waals surface area (Å²) in [5, 5.41) is 7.25. The van der Waals surface area contributed by atoms with Crippen LogP contribution in [0.5, 0.6) is 0 Å². The van der Waals surface area contributed by atoms with Gasteiger partial charge in [0.25, 0.3) is 11.8 Å². The number of fused-ring (bicyclic) bond motifs is 1. The number of hydrogen-bond donors (Lipinski definition) is 1. The van der Waals surface area contributed by atoms with Crippen LogP contribution in [0.3, 0.4) is 0 Å². The van der Waals surface area contributed by atoms with Crippen LogP contribution in [0.25, 0.3) is 0 Å². The first kappa shape index (κ1) is 21.5. The lowest BCUT2D eigenvalue weighted by Gasteiger charge is -2.33. The standard InChI is InChI=1S/C23H30FN5O2/c1-17-6-2-3-10-27(17)11-5-9-25-22(30)20-15-21-23(31)28(12-13-29(21)26-20)16-18-7-4-8-19(24)14-18/h4,7-8,14-15,17H,2-3,5-6,9-13,16H2,1H3,(H,25,30). The largest absolute Gasteiger partial charge is 0.351 e. The summed E-state index contributed by atoms with van der Waals surface area (Å²) in [4.78, 5) is 29.5. The van der Waals surface area contributed by atoms with Gasteiger partial charge in [-0.1, -0.05) is 18.6 Å². The molecule has 0 saturated carbocycles. The van der Waals surface area contributed by atoms with Crippen LogP contribution in [0, 0.1) is 5.82 Å². The van der Waals surface area contributed by atoms with Crippen molar-refractivity contribution in [3.63, 3.8) is 0 Å². The molecule has 1 atom stereocenters. The molecule has 1 unspecified atom stereocenters. The van der Waals surface area contributed by atoms with E-state index >= 15 is 0 Å². The van der Waals surface area contributed by atoms with E-state index in [9.17, 15) is 14.0 Å². The molecule has 1 fully saturated rings. The van der Waals surface area contributed by atoms with Crippen LogP contribution in [-0.4, -0.2) is 63.6 Å². The van der Waals surface area contributed by atoms with Crippen molar-refractivity contribution in [1.29, 1.82) is 0 Å². The Hall–Kier alpha value is -2.74. The van der Waals surface area contributed by atoms with Crippen LogP contribution < -0.4 is 5.32 Å². The number of piperidine rings is 1. The molecular formula is C23H30FN5O2. The van der Waals surface area contributed by atoms with E-state index < -0.39 is 0 Å². The summed E-state index contributed by atoms with van der Waals surface area (Å²) < 4.78 is 15.0. The molecule has 0 radical (unpaired) electrons. The van der Waals surface area contributed by atoms with E-state index in [2.05, 4.69) is 22.2 Å². The fourth-order valence-electron chi connectivity index (χ4n) is 4.42. The van der Waals surface area contributed by atoms with Crippen LogP contribution >= 0.6 is 0 Å². The van der Waals surface area contributed by atoms with Gasteiger partial charge < -0.3 is 15.1 Å². The molecule has 1 aromatic carbocycles. The molecule has 3 heterocycles. The van der Waals surface area contributed by atoms with Crippen molar-refractivity contribution in [2.45, 2.75) is 51.7 Å². The molecule has 2 aliphatic rings. The van der Waals surface area contributed by atoms with E-state index in [0.717, 1.165) is 25.1 Å². The number of rotatable bonds is 7. The first-order valence-electron chi connectivity index (χ1n) is 11.1. The predicted molar refractivity (Wildman–Crippen MR) is 115 cm³/mol. The fourth-order valence-corrected chi connectivity index (χ4v) is 4.42. The zero-order chi connectivity index (χ0) is 21.8. The molecule has 0 bridgehead atoms. The highest BCUT2D eigenvalue weighted by Crippen LogP contribution is 2.18. The molecule has 166 valence electrons. The summed E-state index contributed by atoms with van der Waals surface area (Å²) in [5.74, 6) is -0.764. The number of hydrogen-bond acceptors (Lipinski definition) is 4. The minimum atomic E-state index is -0.319. The lowest BCUT2D eigenvalue weighted by Crippen LogP contribution is -2.39. The summed E-state index contributed by atoms with van der Waals surface area (Å²) in [5.41, 5.74) is 1.40. The minimum Gasteiger partial charge on any atom is -0.351 e. The Balaban J connectivity index is 1.30. The third-order valence-corrected chi connectivity index (χ3v) is 6.21. The maximum absolute atomic E-state index is 13.4. The van der Waals surface area contributed by atoms with Gasteiger partial charge in [0.1, 0.15) is 11.5 Å². The smallest absolute Gasteiger partial charge is 0.272 e. The van der Waals surface area contributed by atoms with E-state index in [-0.39, 0.29) is 23.3 Å². The maximum Gasteiger partial charge on any atom is 0.272 e. The van der Waals surface area contributed by atoms with E-state index in [1.165, 1.54) is 31.4 Å². The predicted octanol–water partition coefficient (Wildman–Crippen LogP) is 2.67. The number of aromatic nitrogens is 2. The molecule has 2 aliphatic heterocycles. The van der Waals surface area contributed by atoms with Gasteiger partial charge in [0.05, 0.1) is 6.54 Å². The summed E-state index contributed by atoms with van der Waals surface area (Å²) >= 11 is 0. The van der Waals surface area contributed by atoms with Gasteiger partial charge in [-0.2, -0.15) is 5.10 Å².